The van der Waals surface area contributed by atoms with Crippen molar-refractivity contribution in [1.29, 1.82) is 0 Å². The zero-order valence-corrected chi connectivity index (χ0v) is 5.42. The summed E-state index contributed by atoms with van der Waals surface area (Å²) in [6.45, 7) is 1.64. The maximum Gasteiger partial charge on any atom is 0.253 e. The fourth-order valence-corrected chi connectivity index (χ4v) is 0.178. The van der Waals surface area contributed by atoms with Crippen LogP contribution in [0.5, 0.6) is 0 Å². The molecular formula is C4H10ClF2N. The lowest BCUT2D eigenvalue weighted by molar-refractivity contribution is 0.114. The molecule has 0 aliphatic carbocycles. The van der Waals surface area contributed by atoms with E-state index in [0.29, 0.717) is 6.42 Å². The monoisotopic (exact) mass is 145 g/mol. The van der Waals surface area contributed by atoms with Gasteiger partial charge in [-0.1, -0.05) is 6.92 Å². The Morgan fingerprint density at radius 1 is 1.50 bits per heavy atom. The van der Waals surface area contributed by atoms with Crippen molar-refractivity contribution in [2.24, 2.45) is 5.73 Å². The summed E-state index contributed by atoms with van der Waals surface area (Å²) in [4.78, 5) is 0. The van der Waals surface area contributed by atoms with Crippen LogP contribution in [0.25, 0.3) is 0 Å². The van der Waals surface area contributed by atoms with Crippen LogP contribution >= 0.6 is 12.4 Å². The lowest BCUT2D eigenvalue weighted by Crippen LogP contribution is -2.27. The van der Waals surface area contributed by atoms with Gasteiger partial charge < -0.3 is 5.73 Å². The Bertz CT molecular complexity index is 51.3. The molecule has 0 saturated carbocycles. The molecule has 8 heavy (non-hydrogen) atoms. The minimum Gasteiger partial charge on any atom is -0.323 e. The van der Waals surface area contributed by atoms with Gasteiger partial charge in [-0.3, -0.25) is 0 Å². The number of nitrogens with two attached hydrogens (primary N) is 1. The van der Waals surface area contributed by atoms with Gasteiger partial charge >= 0.3 is 0 Å². The molecular weight excluding hydrogens is 136 g/mol. The first-order chi connectivity index (χ1) is 3.18. The van der Waals surface area contributed by atoms with Crippen molar-refractivity contribution in [2.45, 2.75) is 25.8 Å². The molecule has 0 spiro atoms. The van der Waals surface area contributed by atoms with Crippen molar-refractivity contribution >= 4 is 12.4 Å². The minimum absolute atomic E-state index is 0. The molecule has 4 heteroatoms. The predicted octanol–water partition coefficient (Wildman–Crippen LogP) is 1.41. The highest BCUT2D eigenvalue weighted by molar-refractivity contribution is 5.85. The van der Waals surface area contributed by atoms with Gasteiger partial charge in [0.2, 0.25) is 0 Å². The van der Waals surface area contributed by atoms with Crippen LogP contribution in [-0.4, -0.2) is 12.5 Å². The van der Waals surface area contributed by atoms with Gasteiger partial charge in [0.15, 0.2) is 0 Å². The van der Waals surface area contributed by atoms with Crippen LogP contribution in [-0.2, 0) is 0 Å². The topological polar surface area (TPSA) is 26.0 Å². The van der Waals surface area contributed by atoms with E-state index in [4.69, 9.17) is 5.73 Å². The lowest BCUT2D eigenvalue weighted by Gasteiger charge is -2.03. The van der Waals surface area contributed by atoms with Crippen LogP contribution in [0.3, 0.4) is 0 Å². The number of alkyl halides is 2. The zero-order chi connectivity index (χ0) is 5.86. The van der Waals surface area contributed by atoms with Gasteiger partial charge in [-0.2, -0.15) is 0 Å². The summed E-state index contributed by atoms with van der Waals surface area (Å²) < 4.78 is 22.6. The summed E-state index contributed by atoms with van der Waals surface area (Å²) in [6.07, 6.45) is -2.01. The number of hydrogen-bond donors (Lipinski definition) is 1. The van der Waals surface area contributed by atoms with E-state index in [1.807, 2.05) is 0 Å². The molecule has 2 N–H and O–H groups in total. The molecule has 0 heterocycles. The molecule has 0 saturated heterocycles. The van der Waals surface area contributed by atoms with Crippen molar-refractivity contribution < 1.29 is 8.78 Å². The van der Waals surface area contributed by atoms with E-state index in [1.165, 1.54) is 0 Å². The van der Waals surface area contributed by atoms with Gasteiger partial charge in [0, 0.05) is 0 Å². The van der Waals surface area contributed by atoms with Gasteiger partial charge in [0.1, 0.15) is 0 Å². The van der Waals surface area contributed by atoms with Gasteiger partial charge in [0.25, 0.3) is 6.43 Å². The van der Waals surface area contributed by atoms with Crippen molar-refractivity contribution in [3.8, 4) is 0 Å². The highest BCUT2D eigenvalue weighted by Gasteiger charge is 2.10. The molecule has 0 fully saturated rings. The average Bonchev–Trinajstić information content (AvgIpc) is 1.65. The van der Waals surface area contributed by atoms with E-state index in [9.17, 15) is 8.78 Å². The molecule has 1 nitrogen and oxygen atoms in total. The molecule has 52 valence electrons. The van der Waals surface area contributed by atoms with Crippen molar-refractivity contribution in [2.75, 3.05) is 0 Å². The number of halogens is 3. The second-order valence-electron chi connectivity index (χ2n) is 1.41. The Morgan fingerprint density at radius 2 is 1.88 bits per heavy atom. The summed E-state index contributed by atoms with van der Waals surface area (Å²) in [5.41, 5.74) is 4.87. The Morgan fingerprint density at radius 3 is 1.88 bits per heavy atom. The smallest absolute Gasteiger partial charge is 0.253 e. The van der Waals surface area contributed by atoms with Gasteiger partial charge in [-0.25, -0.2) is 8.78 Å². The van der Waals surface area contributed by atoms with E-state index >= 15 is 0 Å². The predicted molar refractivity (Wildman–Crippen MR) is 31.5 cm³/mol. The lowest BCUT2D eigenvalue weighted by atomic mass is 10.3. The van der Waals surface area contributed by atoms with Crippen LogP contribution < -0.4 is 5.73 Å². The van der Waals surface area contributed by atoms with E-state index in [-0.39, 0.29) is 12.4 Å². The van der Waals surface area contributed by atoms with Crippen molar-refractivity contribution in [3.63, 3.8) is 0 Å². The highest BCUT2D eigenvalue weighted by atomic mass is 35.5. The Balaban J connectivity index is 0. The van der Waals surface area contributed by atoms with Crippen LogP contribution in [0.15, 0.2) is 0 Å². The van der Waals surface area contributed by atoms with Crippen LogP contribution in [0.1, 0.15) is 13.3 Å². The molecule has 1 atom stereocenters. The Hall–Kier alpha value is 0.110. The Labute approximate surface area is 53.7 Å². The SMILES string of the molecule is CC[C@@H](N)C(F)F.Cl. The first kappa shape index (κ1) is 11.0. The minimum atomic E-state index is -2.36. The zero-order valence-electron chi connectivity index (χ0n) is 4.60. The van der Waals surface area contributed by atoms with Crippen LogP contribution in [0.2, 0.25) is 0 Å². The molecule has 0 unspecified atom stereocenters. The van der Waals surface area contributed by atoms with Crippen molar-refractivity contribution in [3.05, 3.63) is 0 Å². The maximum absolute atomic E-state index is 11.3. The van der Waals surface area contributed by atoms with Gasteiger partial charge in [-0.15, -0.1) is 12.4 Å². The second-order valence-corrected chi connectivity index (χ2v) is 1.41. The fraction of sp³-hybridized carbons (Fsp3) is 1.00. The standard InChI is InChI=1S/C4H9F2N.ClH/c1-2-3(7)4(5)6;/h3-4H,2,7H2,1H3;1H/t3-;/m1./s1. The summed E-state index contributed by atoms with van der Waals surface area (Å²) in [6, 6.07) is -0.931. The number of rotatable bonds is 2. The molecule has 0 aliphatic rings. The number of hydrogen-bond acceptors (Lipinski definition) is 1. The van der Waals surface area contributed by atoms with E-state index in [2.05, 4.69) is 0 Å². The molecule has 0 amide bonds. The molecule has 0 bridgehead atoms. The summed E-state index contributed by atoms with van der Waals surface area (Å²) >= 11 is 0. The molecule has 0 aromatic carbocycles. The molecule has 0 aliphatic heterocycles. The fourth-order valence-electron chi connectivity index (χ4n) is 0.178. The van der Waals surface area contributed by atoms with Gasteiger partial charge in [0.05, 0.1) is 6.04 Å². The first-order valence-electron chi connectivity index (χ1n) is 2.22. The first-order valence-corrected chi connectivity index (χ1v) is 2.22. The van der Waals surface area contributed by atoms with Crippen LogP contribution in [0.4, 0.5) is 8.78 Å². The maximum atomic E-state index is 11.3. The van der Waals surface area contributed by atoms with Crippen LogP contribution in [0, 0.1) is 0 Å². The summed E-state index contributed by atoms with van der Waals surface area (Å²) in [5.74, 6) is 0. The molecule has 0 aromatic rings. The second kappa shape index (κ2) is 5.25. The third-order valence-corrected chi connectivity index (χ3v) is 0.795. The molecule has 0 rings (SSSR count). The average molecular weight is 146 g/mol. The third kappa shape index (κ3) is 4.27. The molecule has 0 radical (unpaired) electrons. The highest BCUT2D eigenvalue weighted by Crippen LogP contribution is 1.99. The largest absolute Gasteiger partial charge is 0.323 e. The van der Waals surface area contributed by atoms with E-state index in [1.54, 1.807) is 6.92 Å². The normalized spacial score (nSPS) is 13.1. The van der Waals surface area contributed by atoms with E-state index in [0.717, 1.165) is 0 Å². The van der Waals surface area contributed by atoms with Crippen molar-refractivity contribution in [1.82, 2.24) is 0 Å². The van der Waals surface area contributed by atoms with Gasteiger partial charge in [-0.05, 0) is 6.42 Å². The Kier molecular flexibility index (Phi) is 7.21. The quantitative estimate of drug-likeness (QED) is 0.625. The van der Waals surface area contributed by atoms with E-state index < -0.39 is 12.5 Å². The summed E-state index contributed by atoms with van der Waals surface area (Å²) in [5, 5.41) is 0. The summed E-state index contributed by atoms with van der Waals surface area (Å²) in [7, 11) is 0. The molecule has 0 aromatic heterocycles. The third-order valence-electron chi connectivity index (χ3n) is 0.795.